The topological polar surface area (TPSA) is 63.8 Å². The highest BCUT2D eigenvalue weighted by Crippen LogP contribution is 2.11. The number of nitrogens with one attached hydrogen (secondary N) is 1. The average molecular weight is 228 g/mol. The van der Waals surface area contributed by atoms with Gasteiger partial charge in [0.1, 0.15) is 11.6 Å². The van der Waals surface area contributed by atoms with E-state index in [9.17, 15) is 0 Å². The molecule has 0 bridgehead atoms. The molecule has 1 heterocycles. The Labute approximate surface area is 101 Å². The fourth-order valence-electron chi connectivity index (χ4n) is 1.70. The maximum absolute atomic E-state index is 5.48. The van der Waals surface area contributed by atoms with Crippen LogP contribution in [0.1, 0.15) is 18.1 Å². The van der Waals surface area contributed by atoms with Gasteiger partial charge in [0, 0.05) is 6.54 Å². The van der Waals surface area contributed by atoms with Crippen molar-refractivity contribution in [1.29, 1.82) is 0 Å². The molecule has 0 aliphatic heterocycles. The molecule has 0 radical (unpaired) electrons. The summed E-state index contributed by atoms with van der Waals surface area (Å²) in [5, 5.41) is 11.0. The zero-order valence-corrected chi connectivity index (χ0v) is 9.85. The summed E-state index contributed by atoms with van der Waals surface area (Å²) in [4.78, 5) is 0. The van der Waals surface area contributed by atoms with Gasteiger partial charge in [-0.05, 0) is 29.7 Å². The number of rotatable bonds is 4. The molecular formula is C13H16N4. The molecule has 0 fully saturated rings. The van der Waals surface area contributed by atoms with Crippen LogP contribution < -0.4 is 11.1 Å². The lowest BCUT2D eigenvalue weighted by molar-refractivity contribution is 0.990. The Bertz CT molecular complexity index is 479. The number of nitrogens with zero attached hydrogens (tertiary/aromatic N) is 2. The van der Waals surface area contributed by atoms with Crippen molar-refractivity contribution < 1.29 is 0 Å². The molecule has 0 spiro atoms. The van der Waals surface area contributed by atoms with Gasteiger partial charge in [0.25, 0.3) is 0 Å². The predicted octanol–water partition coefficient (Wildman–Crippen LogP) is 2.23. The average Bonchev–Trinajstić information content (AvgIpc) is 2.38. The second-order valence-corrected chi connectivity index (χ2v) is 3.82. The Morgan fingerprint density at radius 3 is 2.47 bits per heavy atom. The molecule has 0 saturated carbocycles. The molecule has 0 aliphatic rings. The van der Waals surface area contributed by atoms with Crippen molar-refractivity contribution >= 4 is 11.6 Å². The van der Waals surface area contributed by atoms with Crippen molar-refractivity contribution in [3.8, 4) is 0 Å². The first-order valence-corrected chi connectivity index (χ1v) is 5.69. The number of hydrogen-bond acceptors (Lipinski definition) is 4. The minimum atomic E-state index is 0.435. The molecule has 3 N–H and O–H groups in total. The zero-order chi connectivity index (χ0) is 12.1. The van der Waals surface area contributed by atoms with Gasteiger partial charge >= 0.3 is 0 Å². The summed E-state index contributed by atoms with van der Waals surface area (Å²) in [6.07, 6.45) is 1.03. The van der Waals surface area contributed by atoms with E-state index in [0.717, 1.165) is 18.8 Å². The molecule has 4 heteroatoms. The van der Waals surface area contributed by atoms with E-state index in [-0.39, 0.29) is 0 Å². The van der Waals surface area contributed by atoms with Crippen molar-refractivity contribution in [3.63, 3.8) is 0 Å². The van der Waals surface area contributed by atoms with Crippen LogP contribution in [0.3, 0.4) is 0 Å². The van der Waals surface area contributed by atoms with E-state index in [1.807, 2.05) is 12.1 Å². The second kappa shape index (κ2) is 5.30. The molecule has 4 nitrogen and oxygen atoms in total. The molecule has 88 valence electrons. The first-order chi connectivity index (χ1) is 8.29. The summed E-state index contributed by atoms with van der Waals surface area (Å²) >= 11 is 0. The molecule has 1 aromatic heterocycles. The quantitative estimate of drug-likeness (QED) is 0.842. The summed E-state index contributed by atoms with van der Waals surface area (Å²) in [6.45, 7) is 2.91. The van der Waals surface area contributed by atoms with Crippen LogP contribution in [0.2, 0.25) is 0 Å². The first kappa shape index (κ1) is 11.4. The van der Waals surface area contributed by atoms with E-state index < -0.39 is 0 Å². The molecule has 0 unspecified atom stereocenters. The van der Waals surface area contributed by atoms with E-state index >= 15 is 0 Å². The molecule has 0 amide bonds. The van der Waals surface area contributed by atoms with Gasteiger partial charge in [0.15, 0.2) is 0 Å². The SMILES string of the molecule is CCc1ccccc1CNc1ccc(N)nn1. The first-order valence-electron chi connectivity index (χ1n) is 5.69. The summed E-state index contributed by atoms with van der Waals surface area (Å²) < 4.78 is 0. The van der Waals surface area contributed by atoms with Gasteiger partial charge in [-0.25, -0.2) is 0 Å². The molecule has 2 aromatic rings. The van der Waals surface area contributed by atoms with Crippen LogP contribution in [0, 0.1) is 0 Å². The smallest absolute Gasteiger partial charge is 0.149 e. The van der Waals surface area contributed by atoms with Gasteiger partial charge in [-0.2, -0.15) is 0 Å². The highest BCUT2D eigenvalue weighted by molar-refractivity contribution is 5.40. The lowest BCUT2D eigenvalue weighted by Gasteiger charge is -2.09. The molecular weight excluding hydrogens is 212 g/mol. The van der Waals surface area contributed by atoms with Crippen LogP contribution in [0.4, 0.5) is 11.6 Å². The van der Waals surface area contributed by atoms with Crippen molar-refractivity contribution in [2.75, 3.05) is 11.1 Å². The van der Waals surface area contributed by atoms with Crippen molar-refractivity contribution in [2.45, 2.75) is 19.9 Å². The fourth-order valence-corrected chi connectivity index (χ4v) is 1.70. The third-order valence-corrected chi connectivity index (χ3v) is 2.64. The van der Waals surface area contributed by atoms with Gasteiger partial charge < -0.3 is 11.1 Å². The normalized spacial score (nSPS) is 10.2. The Morgan fingerprint density at radius 1 is 1.06 bits per heavy atom. The molecule has 0 saturated heterocycles. The molecule has 1 aromatic carbocycles. The Balaban J connectivity index is 2.04. The van der Waals surface area contributed by atoms with E-state index in [1.54, 1.807) is 6.07 Å². The van der Waals surface area contributed by atoms with Gasteiger partial charge in [0.05, 0.1) is 0 Å². The summed E-state index contributed by atoms with van der Waals surface area (Å²) in [5.74, 6) is 1.18. The van der Waals surface area contributed by atoms with Gasteiger partial charge in [0.2, 0.25) is 0 Å². The standard InChI is InChI=1S/C13H16N4/c1-2-10-5-3-4-6-11(10)9-15-13-8-7-12(14)16-17-13/h3-8H,2,9H2,1H3,(H2,14,16)(H,15,17). The van der Waals surface area contributed by atoms with Gasteiger partial charge in [-0.15, -0.1) is 10.2 Å². The number of aryl methyl sites for hydroxylation is 1. The lowest BCUT2D eigenvalue weighted by atomic mass is 10.1. The third-order valence-electron chi connectivity index (χ3n) is 2.64. The number of anilines is 2. The van der Waals surface area contributed by atoms with Crippen LogP contribution >= 0.6 is 0 Å². The molecule has 17 heavy (non-hydrogen) atoms. The Kier molecular flexibility index (Phi) is 3.55. The summed E-state index contributed by atoms with van der Waals surface area (Å²) in [5.41, 5.74) is 8.11. The highest BCUT2D eigenvalue weighted by atomic mass is 15.2. The van der Waals surface area contributed by atoms with Crippen LogP contribution in [-0.4, -0.2) is 10.2 Å². The van der Waals surface area contributed by atoms with Crippen LogP contribution in [0.5, 0.6) is 0 Å². The summed E-state index contributed by atoms with van der Waals surface area (Å²) in [6, 6.07) is 11.9. The van der Waals surface area contributed by atoms with E-state index in [4.69, 9.17) is 5.73 Å². The number of aromatic nitrogens is 2. The number of benzene rings is 1. The Hall–Kier alpha value is -2.10. The van der Waals surface area contributed by atoms with E-state index in [2.05, 4.69) is 40.6 Å². The largest absolute Gasteiger partial charge is 0.382 e. The van der Waals surface area contributed by atoms with Crippen LogP contribution in [0.25, 0.3) is 0 Å². The maximum Gasteiger partial charge on any atom is 0.149 e. The highest BCUT2D eigenvalue weighted by Gasteiger charge is 2.00. The van der Waals surface area contributed by atoms with E-state index in [0.29, 0.717) is 5.82 Å². The second-order valence-electron chi connectivity index (χ2n) is 3.82. The lowest BCUT2D eigenvalue weighted by Crippen LogP contribution is -2.05. The van der Waals surface area contributed by atoms with E-state index in [1.165, 1.54) is 11.1 Å². The zero-order valence-electron chi connectivity index (χ0n) is 9.85. The monoisotopic (exact) mass is 228 g/mol. The maximum atomic E-state index is 5.48. The third kappa shape index (κ3) is 2.93. The minimum absolute atomic E-state index is 0.435. The number of nitrogens with two attached hydrogens (primary N) is 1. The molecule has 0 aliphatic carbocycles. The predicted molar refractivity (Wildman–Crippen MR) is 69.6 cm³/mol. The molecule has 2 rings (SSSR count). The molecule has 0 atom stereocenters. The van der Waals surface area contributed by atoms with Crippen LogP contribution in [0.15, 0.2) is 36.4 Å². The van der Waals surface area contributed by atoms with Crippen molar-refractivity contribution in [3.05, 3.63) is 47.5 Å². The van der Waals surface area contributed by atoms with Gasteiger partial charge in [-0.3, -0.25) is 0 Å². The number of nitrogen functional groups attached to an aromatic ring is 1. The minimum Gasteiger partial charge on any atom is -0.382 e. The fraction of sp³-hybridized carbons (Fsp3) is 0.231. The van der Waals surface area contributed by atoms with Crippen molar-refractivity contribution in [1.82, 2.24) is 10.2 Å². The van der Waals surface area contributed by atoms with Gasteiger partial charge in [-0.1, -0.05) is 31.2 Å². The van der Waals surface area contributed by atoms with Crippen LogP contribution in [-0.2, 0) is 13.0 Å². The number of hydrogen-bond donors (Lipinski definition) is 2. The Morgan fingerprint density at radius 2 is 1.82 bits per heavy atom. The van der Waals surface area contributed by atoms with Crippen molar-refractivity contribution in [2.24, 2.45) is 0 Å². The summed E-state index contributed by atoms with van der Waals surface area (Å²) in [7, 11) is 0.